The Bertz CT molecular complexity index is 3580. The normalized spacial score (nSPS) is 11.8. The zero-order valence-corrected chi connectivity index (χ0v) is 31.2. The van der Waals surface area contributed by atoms with Gasteiger partial charge >= 0.3 is 0 Å². The van der Waals surface area contributed by atoms with Crippen molar-refractivity contribution in [2.24, 2.45) is 0 Å². The second-order valence-electron chi connectivity index (χ2n) is 14.8. The molecule has 58 heavy (non-hydrogen) atoms. The summed E-state index contributed by atoms with van der Waals surface area (Å²) in [5.41, 5.74) is 9.68. The van der Waals surface area contributed by atoms with E-state index in [0.717, 1.165) is 77.2 Å². The molecule has 0 amide bonds. The Morgan fingerprint density at radius 2 is 1.00 bits per heavy atom. The quantitative estimate of drug-likeness (QED) is 0.176. The molecule has 0 N–H and O–H groups in total. The second kappa shape index (κ2) is 12.8. The van der Waals surface area contributed by atoms with Crippen molar-refractivity contribution in [1.29, 1.82) is 0 Å². The molecule has 0 aliphatic carbocycles. The molecule has 0 saturated carbocycles. The average Bonchev–Trinajstić information content (AvgIpc) is 3.83. The zero-order valence-electron chi connectivity index (χ0n) is 31.2. The first-order valence-electron chi connectivity index (χ1n) is 19.5. The van der Waals surface area contributed by atoms with Crippen LogP contribution in [0.3, 0.4) is 0 Å². The molecule has 5 nitrogen and oxygen atoms in total. The van der Waals surface area contributed by atoms with E-state index in [1.54, 1.807) is 0 Å². The Morgan fingerprint density at radius 3 is 1.88 bits per heavy atom. The fourth-order valence-corrected chi connectivity index (χ4v) is 8.76. The van der Waals surface area contributed by atoms with Gasteiger partial charge in [-0.2, -0.15) is 0 Å². The van der Waals surface area contributed by atoms with E-state index in [2.05, 4.69) is 180 Å². The molecule has 3 aromatic heterocycles. The number of rotatable bonds is 5. The molecule has 12 aromatic rings. The van der Waals surface area contributed by atoms with Crippen molar-refractivity contribution in [3.05, 3.63) is 194 Å². The van der Waals surface area contributed by atoms with E-state index in [1.807, 2.05) is 18.2 Å². The van der Waals surface area contributed by atoms with Crippen LogP contribution >= 0.6 is 0 Å². The largest absolute Gasteiger partial charge is 0.456 e. The Morgan fingerprint density at radius 1 is 0.362 bits per heavy atom. The lowest BCUT2D eigenvalue weighted by Gasteiger charge is -2.16. The van der Waals surface area contributed by atoms with E-state index < -0.39 is 0 Å². The fraction of sp³-hybridized carbons (Fsp3) is 0. The summed E-state index contributed by atoms with van der Waals surface area (Å²) in [6.45, 7) is 0. The van der Waals surface area contributed by atoms with E-state index in [1.165, 1.54) is 21.5 Å². The van der Waals surface area contributed by atoms with Crippen LogP contribution in [0.2, 0.25) is 0 Å². The first-order valence-corrected chi connectivity index (χ1v) is 19.5. The topological polar surface area (TPSA) is 56.7 Å². The van der Waals surface area contributed by atoms with Crippen LogP contribution in [0.25, 0.3) is 116 Å². The van der Waals surface area contributed by atoms with Crippen LogP contribution in [-0.4, -0.2) is 19.5 Å². The average molecular weight is 741 g/mol. The molecule has 9 aromatic carbocycles. The van der Waals surface area contributed by atoms with Crippen molar-refractivity contribution >= 4 is 65.3 Å². The molecule has 0 aliphatic heterocycles. The highest BCUT2D eigenvalue weighted by Crippen LogP contribution is 2.44. The van der Waals surface area contributed by atoms with Gasteiger partial charge in [0.25, 0.3) is 0 Å². The number of fused-ring (bicyclic) bond motifs is 8. The van der Waals surface area contributed by atoms with Crippen molar-refractivity contribution in [2.75, 3.05) is 0 Å². The molecular formula is C53H32N4O. The van der Waals surface area contributed by atoms with Crippen molar-refractivity contribution in [2.45, 2.75) is 0 Å². The third-order valence-electron chi connectivity index (χ3n) is 11.4. The van der Waals surface area contributed by atoms with Crippen LogP contribution in [0.5, 0.6) is 0 Å². The molecule has 0 spiro atoms. The van der Waals surface area contributed by atoms with E-state index in [-0.39, 0.29) is 0 Å². The van der Waals surface area contributed by atoms with Gasteiger partial charge in [-0.3, -0.25) is 0 Å². The van der Waals surface area contributed by atoms with Crippen LogP contribution < -0.4 is 0 Å². The lowest BCUT2D eigenvalue weighted by molar-refractivity contribution is 0.669. The summed E-state index contributed by atoms with van der Waals surface area (Å²) in [6.07, 6.45) is 0. The van der Waals surface area contributed by atoms with Crippen LogP contribution in [-0.2, 0) is 0 Å². The van der Waals surface area contributed by atoms with Crippen molar-refractivity contribution in [1.82, 2.24) is 19.5 Å². The minimum absolute atomic E-state index is 0.567. The van der Waals surface area contributed by atoms with Crippen molar-refractivity contribution < 1.29 is 4.42 Å². The summed E-state index contributed by atoms with van der Waals surface area (Å²) in [4.78, 5) is 16.2. The Labute approximate surface area is 333 Å². The Hall–Kier alpha value is -7.89. The highest BCUT2D eigenvalue weighted by molar-refractivity contribution is 6.17. The third kappa shape index (κ3) is 5.07. The molecule has 0 unspecified atom stereocenters. The van der Waals surface area contributed by atoms with Gasteiger partial charge in [-0.05, 0) is 75.1 Å². The lowest BCUT2D eigenvalue weighted by Crippen LogP contribution is -2.04. The van der Waals surface area contributed by atoms with Gasteiger partial charge in [0.05, 0.1) is 22.3 Å². The van der Waals surface area contributed by atoms with E-state index in [9.17, 15) is 0 Å². The first-order chi connectivity index (χ1) is 28.7. The standard InChI is InChI=1S/C53H32N4O/c1-2-14-33(15-3-1)35-20-12-21-38(30-35)51-54-52(41-25-13-19-34-16-6-7-22-39(34)41)56-53(55-51)50-45(28-29-48-49(50)42-24-9-11-27-47(42)58-48)57-44-26-10-8-23-40(44)43-31-36-17-4-5-18-37(36)32-46(43)57/h1-32H. The highest BCUT2D eigenvalue weighted by Gasteiger charge is 2.25. The summed E-state index contributed by atoms with van der Waals surface area (Å²) in [5.74, 6) is 1.76. The molecule has 0 radical (unpaired) electrons. The molecule has 12 rings (SSSR count). The zero-order chi connectivity index (χ0) is 38.2. The number of hydrogen-bond donors (Lipinski definition) is 0. The van der Waals surface area contributed by atoms with Gasteiger partial charge in [0.1, 0.15) is 11.2 Å². The smallest absolute Gasteiger partial charge is 0.166 e. The van der Waals surface area contributed by atoms with E-state index in [4.69, 9.17) is 19.4 Å². The predicted octanol–water partition coefficient (Wildman–Crippen LogP) is 13.8. The Kier molecular flexibility index (Phi) is 7.16. The molecule has 3 heterocycles. The van der Waals surface area contributed by atoms with Crippen LogP contribution in [0.1, 0.15) is 0 Å². The molecular weight excluding hydrogens is 709 g/mol. The highest BCUT2D eigenvalue weighted by atomic mass is 16.3. The maximum Gasteiger partial charge on any atom is 0.166 e. The van der Waals surface area contributed by atoms with Crippen LogP contribution in [0.15, 0.2) is 199 Å². The summed E-state index contributed by atoms with van der Waals surface area (Å²) in [7, 11) is 0. The molecule has 5 heteroatoms. The number of benzene rings is 9. The molecule has 0 fully saturated rings. The summed E-state index contributed by atoms with van der Waals surface area (Å²) in [6, 6.07) is 68.0. The SMILES string of the molecule is c1ccc(-c2cccc(-c3nc(-c4cccc5ccccc45)nc(-c4c(-n5c6ccccc6c6cc7ccccc7cc65)ccc5oc6ccccc6c45)n3)c2)cc1. The van der Waals surface area contributed by atoms with Crippen LogP contribution in [0.4, 0.5) is 0 Å². The van der Waals surface area contributed by atoms with E-state index >= 15 is 0 Å². The molecule has 0 bridgehead atoms. The van der Waals surface area contributed by atoms with Gasteiger partial charge in [0.15, 0.2) is 17.5 Å². The van der Waals surface area contributed by atoms with Gasteiger partial charge in [0, 0.05) is 32.7 Å². The first kappa shape index (κ1) is 32.4. The molecule has 0 aliphatic rings. The van der Waals surface area contributed by atoms with Gasteiger partial charge in [-0.1, -0.05) is 152 Å². The number of para-hydroxylation sites is 2. The number of nitrogens with zero attached hydrogens (tertiary/aromatic N) is 4. The van der Waals surface area contributed by atoms with E-state index in [0.29, 0.717) is 17.5 Å². The summed E-state index contributed by atoms with van der Waals surface area (Å²) < 4.78 is 8.97. The second-order valence-corrected chi connectivity index (χ2v) is 14.8. The fourth-order valence-electron chi connectivity index (χ4n) is 8.76. The van der Waals surface area contributed by atoms with Gasteiger partial charge in [-0.25, -0.2) is 15.0 Å². The predicted molar refractivity (Wildman–Crippen MR) is 238 cm³/mol. The van der Waals surface area contributed by atoms with Crippen molar-refractivity contribution in [3.63, 3.8) is 0 Å². The number of hydrogen-bond acceptors (Lipinski definition) is 4. The number of furan rings is 1. The van der Waals surface area contributed by atoms with Gasteiger partial charge < -0.3 is 8.98 Å². The van der Waals surface area contributed by atoms with Gasteiger partial charge in [-0.15, -0.1) is 0 Å². The third-order valence-corrected chi connectivity index (χ3v) is 11.4. The minimum atomic E-state index is 0.567. The maximum atomic E-state index is 6.59. The molecule has 0 atom stereocenters. The monoisotopic (exact) mass is 740 g/mol. The molecule has 270 valence electrons. The minimum Gasteiger partial charge on any atom is -0.456 e. The lowest BCUT2D eigenvalue weighted by atomic mass is 10.0. The maximum absolute atomic E-state index is 6.59. The number of aromatic nitrogens is 4. The van der Waals surface area contributed by atoms with Crippen LogP contribution in [0, 0.1) is 0 Å². The summed E-state index contributed by atoms with van der Waals surface area (Å²) >= 11 is 0. The van der Waals surface area contributed by atoms with Crippen molar-refractivity contribution in [3.8, 4) is 51.0 Å². The summed E-state index contributed by atoms with van der Waals surface area (Å²) in [5, 5.41) is 8.89. The van der Waals surface area contributed by atoms with Gasteiger partial charge in [0.2, 0.25) is 0 Å². The Balaban J connectivity index is 1.22. The molecule has 0 saturated heterocycles.